The highest BCUT2D eigenvalue weighted by atomic mass is 16.5. The number of amides is 1. The van der Waals surface area contributed by atoms with E-state index in [0.717, 1.165) is 51.3 Å². The fraction of sp³-hybridized carbons (Fsp3) is 0.750. The van der Waals surface area contributed by atoms with E-state index in [9.17, 15) is 4.79 Å². The summed E-state index contributed by atoms with van der Waals surface area (Å²) >= 11 is 0. The number of carbonyl (C=O) groups is 1. The zero-order valence-electron chi connectivity index (χ0n) is 15.5. The van der Waals surface area contributed by atoms with Crippen LogP contribution >= 0.6 is 0 Å². The molecule has 1 aromatic heterocycles. The summed E-state index contributed by atoms with van der Waals surface area (Å²) in [6, 6.07) is 0. The molecule has 2 saturated heterocycles. The summed E-state index contributed by atoms with van der Waals surface area (Å²) < 4.78 is 5.57. The molecule has 2 aliphatic carbocycles. The third-order valence-corrected chi connectivity index (χ3v) is 7.25. The van der Waals surface area contributed by atoms with Crippen molar-refractivity contribution in [3.63, 3.8) is 0 Å². The molecule has 3 unspecified atom stereocenters. The molecule has 0 aromatic carbocycles. The maximum Gasteiger partial charge on any atom is 0.229 e. The summed E-state index contributed by atoms with van der Waals surface area (Å²) in [5.74, 6) is 2.17. The summed E-state index contributed by atoms with van der Waals surface area (Å²) in [6.45, 7) is 6.03. The van der Waals surface area contributed by atoms with Gasteiger partial charge in [-0.1, -0.05) is 12.8 Å². The summed E-state index contributed by atoms with van der Waals surface area (Å²) in [5.41, 5.74) is 1.19. The topological polar surface area (TPSA) is 67.4 Å². The highest BCUT2D eigenvalue weighted by molar-refractivity contribution is 5.86. The van der Waals surface area contributed by atoms with Crippen molar-refractivity contribution in [1.82, 2.24) is 14.9 Å². The van der Waals surface area contributed by atoms with Crippen molar-refractivity contribution in [2.75, 3.05) is 38.2 Å². The average molecular weight is 356 g/mol. The first-order valence-corrected chi connectivity index (χ1v) is 10.0. The third-order valence-electron chi connectivity index (χ3n) is 7.25. The maximum atomic E-state index is 13.3. The Morgan fingerprint density at radius 1 is 1.35 bits per heavy atom. The number of carbonyl (C=O) groups excluding carboxylic acids is 1. The number of fused-ring (bicyclic) bond motifs is 1. The molecule has 1 spiro atoms. The normalized spacial score (nSPS) is 34.3. The first-order valence-electron chi connectivity index (χ1n) is 10.0. The number of aromatic nitrogens is 2. The largest absolute Gasteiger partial charge is 0.380 e. The van der Waals surface area contributed by atoms with Gasteiger partial charge in [0.1, 0.15) is 0 Å². The summed E-state index contributed by atoms with van der Waals surface area (Å²) in [4.78, 5) is 24.1. The molecule has 3 atom stereocenters. The Hall–Kier alpha value is -1.69. The van der Waals surface area contributed by atoms with Crippen molar-refractivity contribution in [2.24, 2.45) is 22.7 Å². The molecule has 4 fully saturated rings. The molecule has 1 N–H and O–H groups in total. The van der Waals surface area contributed by atoms with Crippen LogP contribution in [0.3, 0.4) is 0 Å². The minimum absolute atomic E-state index is 0.00638. The second-order valence-electron chi connectivity index (χ2n) is 9.01. The molecule has 0 radical (unpaired) electrons. The van der Waals surface area contributed by atoms with Gasteiger partial charge in [0, 0.05) is 43.4 Å². The van der Waals surface area contributed by atoms with Crippen molar-refractivity contribution in [3.05, 3.63) is 18.0 Å². The van der Waals surface area contributed by atoms with E-state index >= 15 is 0 Å². The van der Waals surface area contributed by atoms with Crippen LogP contribution in [0, 0.1) is 29.6 Å². The van der Waals surface area contributed by atoms with Gasteiger partial charge in [0.05, 0.1) is 18.6 Å². The number of likely N-dealkylation sites (tertiary alicyclic amines) is 1. The lowest BCUT2D eigenvalue weighted by Crippen LogP contribution is -2.51. The van der Waals surface area contributed by atoms with Gasteiger partial charge in [0.15, 0.2) is 0 Å². The molecule has 2 saturated carbocycles. The van der Waals surface area contributed by atoms with Crippen LogP contribution in [0.1, 0.15) is 37.7 Å². The van der Waals surface area contributed by atoms with Gasteiger partial charge < -0.3 is 15.0 Å². The lowest BCUT2D eigenvalue weighted by molar-refractivity contribution is -0.143. The van der Waals surface area contributed by atoms with E-state index in [-0.39, 0.29) is 10.8 Å². The zero-order chi connectivity index (χ0) is 17.8. The predicted molar refractivity (Wildman–Crippen MR) is 97.6 cm³/mol. The van der Waals surface area contributed by atoms with E-state index in [2.05, 4.69) is 20.2 Å². The molecule has 6 nitrogen and oxygen atoms in total. The molecule has 140 valence electrons. The summed E-state index contributed by atoms with van der Waals surface area (Å²) in [7, 11) is 0. The van der Waals surface area contributed by atoms with Gasteiger partial charge in [-0.15, -0.1) is 0 Å². The number of anilines is 1. The number of nitrogens with one attached hydrogen (secondary N) is 1. The van der Waals surface area contributed by atoms with Crippen LogP contribution in [0.25, 0.3) is 0 Å². The Bertz CT molecular complexity index is 702. The van der Waals surface area contributed by atoms with Gasteiger partial charge in [-0.2, -0.15) is 0 Å². The van der Waals surface area contributed by atoms with Gasteiger partial charge in [-0.3, -0.25) is 4.79 Å². The quantitative estimate of drug-likeness (QED) is 0.896. The van der Waals surface area contributed by atoms with E-state index in [1.54, 1.807) is 0 Å². The molecule has 4 aliphatic rings. The molecular weight excluding hydrogens is 328 g/mol. The monoisotopic (exact) mass is 356 g/mol. The van der Waals surface area contributed by atoms with Gasteiger partial charge in [-0.05, 0) is 37.7 Å². The van der Waals surface area contributed by atoms with Gasteiger partial charge in [0.25, 0.3) is 0 Å². The van der Waals surface area contributed by atoms with Crippen molar-refractivity contribution in [1.29, 1.82) is 0 Å². The minimum atomic E-state index is 0.00638. The van der Waals surface area contributed by atoms with Crippen LogP contribution in [0.15, 0.2) is 12.4 Å². The molecule has 1 amide bonds. The summed E-state index contributed by atoms with van der Waals surface area (Å²) in [5, 5.41) is 3.38. The van der Waals surface area contributed by atoms with Crippen molar-refractivity contribution in [2.45, 2.75) is 39.0 Å². The first kappa shape index (κ1) is 16.5. The average Bonchev–Trinajstić information content (AvgIpc) is 3.25. The zero-order valence-corrected chi connectivity index (χ0v) is 15.5. The number of rotatable bonds is 4. The number of hydrogen-bond acceptors (Lipinski definition) is 5. The van der Waals surface area contributed by atoms with Crippen LogP contribution in [0.4, 0.5) is 5.95 Å². The molecule has 1 aromatic rings. The second-order valence-corrected chi connectivity index (χ2v) is 9.01. The summed E-state index contributed by atoms with van der Waals surface area (Å²) in [6.07, 6.45) is 9.68. The number of aryl methyl sites for hydroxylation is 1. The Morgan fingerprint density at radius 2 is 2.15 bits per heavy atom. The minimum Gasteiger partial charge on any atom is -0.380 e. The SMILES string of the molecule is Cc1cnc(NCC2CN(C(=O)C34CCCCC3C4)CC23COC3)nc1. The lowest BCUT2D eigenvalue weighted by Gasteiger charge is -2.42. The van der Waals surface area contributed by atoms with Crippen molar-refractivity contribution in [3.8, 4) is 0 Å². The van der Waals surface area contributed by atoms with Gasteiger partial charge >= 0.3 is 0 Å². The molecule has 3 heterocycles. The Kier molecular flexibility index (Phi) is 3.75. The van der Waals surface area contributed by atoms with Crippen LogP contribution in [0.2, 0.25) is 0 Å². The number of nitrogens with zero attached hydrogens (tertiary/aromatic N) is 3. The fourth-order valence-corrected chi connectivity index (χ4v) is 5.44. The number of hydrogen-bond donors (Lipinski definition) is 1. The highest BCUT2D eigenvalue weighted by Crippen LogP contribution is 2.63. The molecule has 6 heteroatoms. The predicted octanol–water partition coefficient (Wildman–Crippen LogP) is 2.25. The van der Waals surface area contributed by atoms with Crippen molar-refractivity contribution < 1.29 is 9.53 Å². The van der Waals surface area contributed by atoms with Gasteiger partial charge in [0.2, 0.25) is 11.9 Å². The first-order chi connectivity index (χ1) is 12.6. The van der Waals surface area contributed by atoms with Crippen LogP contribution in [-0.4, -0.2) is 53.6 Å². The van der Waals surface area contributed by atoms with E-state index in [1.807, 2.05) is 19.3 Å². The van der Waals surface area contributed by atoms with Crippen LogP contribution in [0.5, 0.6) is 0 Å². The maximum absolute atomic E-state index is 13.3. The molecular formula is C20H28N4O2. The van der Waals surface area contributed by atoms with E-state index < -0.39 is 0 Å². The molecule has 5 rings (SSSR count). The van der Waals surface area contributed by atoms with E-state index in [4.69, 9.17) is 4.74 Å². The van der Waals surface area contributed by atoms with Crippen molar-refractivity contribution >= 4 is 11.9 Å². The smallest absolute Gasteiger partial charge is 0.229 e. The Morgan fingerprint density at radius 3 is 2.85 bits per heavy atom. The Labute approximate surface area is 154 Å². The van der Waals surface area contributed by atoms with Gasteiger partial charge in [-0.25, -0.2) is 9.97 Å². The Balaban J connectivity index is 1.26. The van der Waals surface area contributed by atoms with E-state index in [1.165, 1.54) is 19.3 Å². The third kappa shape index (κ3) is 2.53. The molecule has 2 aliphatic heterocycles. The molecule has 0 bridgehead atoms. The highest BCUT2D eigenvalue weighted by Gasteiger charge is 2.63. The van der Waals surface area contributed by atoms with Crippen LogP contribution in [-0.2, 0) is 9.53 Å². The second kappa shape index (κ2) is 5.91. The van der Waals surface area contributed by atoms with E-state index in [0.29, 0.717) is 23.7 Å². The standard InChI is InChI=1S/C20H28N4O2/c1-14-7-21-18(22-8-14)23-9-16-10-24(11-19(16)12-26-13-19)17(25)20-5-3-2-4-15(20)6-20/h7-8,15-16H,2-6,9-13H2,1H3,(H,21,22,23). The lowest BCUT2D eigenvalue weighted by atomic mass is 9.76. The molecule has 26 heavy (non-hydrogen) atoms. The fourth-order valence-electron chi connectivity index (χ4n) is 5.44. The number of ether oxygens (including phenoxy) is 1. The van der Waals surface area contributed by atoms with Crippen LogP contribution < -0.4 is 5.32 Å².